The summed E-state index contributed by atoms with van der Waals surface area (Å²) in [6.07, 6.45) is 0. The van der Waals surface area contributed by atoms with E-state index in [0.29, 0.717) is 17.5 Å². The Bertz CT molecular complexity index is 3240. The van der Waals surface area contributed by atoms with Crippen molar-refractivity contribution in [1.82, 2.24) is 15.0 Å². The summed E-state index contributed by atoms with van der Waals surface area (Å²) in [5, 5.41) is 7.57. The van der Waals surface area contributed by atoms with Crippen molar-refractivity contribution in [2.24, 2.45) is 0 Å². The predicted molar refractivity (Wildman–Crippen MR) is 250 cm³/mol. The molecule has 0 unspecified atom stereocenters. The van der Waals surface area contributed by atoms with Crippen molar-refractivity contribution in [2.45, 2.75) is 0 Å². The van der Waals surface area contributed by atoms with Crippen LogP contribution in [0, 0.1) is 0 Å². The Morgan fingerprint density at radius 3 is 1.23 bits per heavy atom. The van der Waals surface area contributed by atoms with Crippen LogP contribution in [-0.4, -0.2) is 15.0 Å². The fourth-order valence-corrected chi connectivity index (χ4v) is 8.61. The van der Waals surface area contributed by atoms with Crippen LogP contribution in [0.4, 0.5) is 0 Å². The van der Waals surface area contributed by atoms with Gasteiger partial charge in [-0.2, -0.15) is 0 Å². The highest BCUT2D eigenvalue weighted by Gasteiger charge is 2.18. The van der Waals surface area contributed by atoms with Crippen molar-refractivity contribution in [1.29, 1.82) is 0 Å². The van der Waals surface area contributed by atoms with Gasteiger partial charge in [-0.05, 0) is 82.9 Å². The summed E-state index contributed by atoms with van der Waals surface area (Å²) in [4.78, 5) is 15.6. The predicted octanol–water partition coefficient (Wildman–Crippen LogP) is 15.0. The third-order valence-corrected chi connectivity index (χ3v) is 11.6. The van der Waals surface area contributed by atoms with E-state index in [1.165, 1.54) is 43.4 Å². The molecule has 11 rings (SSSR count). The van der Waals surface area contributed by atoms with Crippen LogP contribution in [0.2, 0.25) is 0 Å². The van der Waals surface area contributed by atoms with Crippen LogP contribution in [0.5, 0.6) is 0 Å². The van der Waals surface area contributed by atoms with Gasteiger partial charge in [0.2, 0.25) is 0 Å². The Labute approximate surface area is 349 Å². The lowest BCUT2D eigenvalue weighted by molar-refractivity contribution is 1.07. The van der Waals surface area contributed by atoms with Crippen molar-refractivity contribution in [3.63, 3.8) is 0 Å². The molecule has 3 heteroatoms. The van der Waals surface area contributed by atoms with E-state index in [-0.39, 0.29) is 0 Å². The van der Waals surface area contributed by atoms with Crippen molar-refractivity contribution >= 4 is 32.3 Å². The molecule has 0 spiro atoms. The van der Waals surface area contributed by atoms with Crippen molar-refractivity contribution in [3.8, 4) is 78.7 Å². The molecule has 0 bridgehead atoms. The van der Waals surface area contributed by atoms with E-state index < -0.39 is 0 Å². The van der Waals surface area contributed by atoms with E-state index in [4.69, 9.17) is 15.0 Å². The maximum absolute atomic E-state index is 5.20. The Morgan fingerprint density at radius 1 is 0.217 bits per heavy atom. The molecular weight excluding hydrogens is 727 g/mol. The van der Waals surface area contributed by atoms with Crippen LogP contribution >= 0.6 is 0 Å². The van der Waals surface area contributed by atoms with Gasteiger partial charge in [0.1, 0.15) is 0 Å². The summed E-state index contributed by atoms with van der Waals surface area (Å²) in [5.41, 5.74) is 11.9. The molecule has 60 heavy (non-hydrogen) atoms. The average molecular weight is 764 g/mol. The minimum absolute atomic E-state index is 0.623. The number of rotatable bonds is 7. The second kappa shape index (κ2) is 15.1. The van der Waals surface area contributed by atoms with Gasteiger partial charge < -0.3 is 0 Å². The molecule has 0 amide bonds. The fourth-order valence-electron chi connectivity index (χ4n) is 8.61. The summed E-state index contributed by atoms with van der Waals surface area (Å²) in [7, 11) is 0. The number of hydrogen-bond donors (Lipinski definition) is 0. The minimum atomic E-state index is 0.623. The molecule has 0 atom stereocenters. The standard InChI is InChI=1S/C57H37N3/c1-3-15-40(16-4-1)46-21-11-13-25-51(46)56-58-55(59-57(60-56)52-26-14-12-22-47(52)41-17-5-2-6-18-41)44-33-29-39(30-34-44)38-27-31-43(32-28-38)54-49-24-10-8-20-45(49)37-53-48-23-9-7-19-42(48)35-36-50(53)54/h1-37H. The molecule has 280 valence electrons. The zero-order chi connectivity index (χ0) is 39.8. The van der Waals surface area contributed by atoms with E-state index in [2.05, 4.69) is 200 Å². The van der Waals surface area contributed by atoms with Gasteiger partial charge in [-0.15, -0.1) is 0 Å². The number of hydrogen-bond acceptors (Lipinski definition) is 3. The third kappa shape index (κ3) is 6.39. The molecule has 0 saturated heterocycles. The molecule has 0 aliphatic rings. The molecule has 1 heterocycles. The molecule has 0 N–H and O–H groups in total. The Morgan fingerprint density at radius 2 is 0.650 bits per heavy atom. The van der Waals surface area contributed by atoms with E-state index in [1.54, 1.807) is 0 Å². The van der Waals surface area contributed by atoms with Crippen LogP contribution in [0.25, 0.3) is 111 Å². The number of fused-ring (bicyclic) bond motifs is 4. The lowest BCUT2D eigenvalue weighted by Gasteiger charge is -2.15. The van der Waals surface area contributed by atoms with E-state index in [0.717, 1.165) is 50.1 Å². The molecule has 0 fully saturated rings. The smallest absolute Gasteiger partial charge is 0.164 e. The maximum atomic E-state index is 5.20. The van der Waals surface area contributed by atoms with Crippen LogP contribution < -0.4 is 0 Å². The largest absolute Gasteiger partial charge is 0.208 e. The lowest BCUT2D eigenvalue weighted by atomic mass is 9.89. The monoisotopic (exact) mass is 763 g/mol. The van der Waals surface area contributed by atoms with Gasteiger partial charge in [-0.3, -0.25) is 0 Å². The number of nitrogens with zero attached hydrogens (tertiary/aromatic N) is 3. The van der Waals surface area contributed by atoms with Crippen molar-refractivity contribution in [2.75, 3.05) is 0 Å². The topological polar surface area (TPSA) is 38.7 Å². The Hall–Kier alpha value is -8.01. The molecule has 11 aromatic rings. The van der Waals surface area contributed by atoms with Crippen LogP contribution in [0.15, 0.2) is 224 Å². The van der Waals surface area contributed by atoms with Crippen molar-refractivity contribution in [3.05, 3.63) is 224 Å². The summed E-state index contributed by atoms with van der Waals surface area (Å²) in [6.45, 7) is 0. The molecular formula is C57H37N3. The second-order valence-corrected chi connectivity index (χ2v) is 15.1. The minimum Gasteiger partial charge on any atom is -0.208 e. The molecule has 3 nitrogen and oxygen atoms in total. The van der Waals surface area contributed by atoms with Gasteiger partial charge >= 0.3 is 0 Å². The summed E-state index contributed by atoms with van der Waals surface area (Å²) < 4.78 is 0. The first-order valence-corrected chi connectivity index (χ1v) is 20.4. The number of benzene rings is 10. The van der Waals surface area contributed by atoms with Crippen LogP contribution in [-0.2, 0) is 0 Å². The highest BCUT2D eigenvalue weighted by atomic mass is 15.0. The first-order chi connectivity index (χ1) is 29.7. The first kappa shape index (κ1) is 35.2. The second-order valence-electron chi connectivity index (χ2n) is 15.1. The molecule has 0 aliphatic carbocycles. The summed E-state index contributed by atoms with van der Waals surface area (Å²) >= 11 is 0. The molecule has 0 radical (unpaired) electrons. The molecule has 10 aromatic carbocycles. The zero-order valence-corrected chi connectivity index (χ0v) is 32.7. The Kier molecular flexibility index (Phi) is 8.83. The van der Waals surface area contributed by atoms with Gasteiger partial charge in [0.25, 0.3) is 0 Å². The van der Waals surface area contributed by atoms with Gasteiger partial charge in [0.15, 0.2) is 17.5 Å². The fraction of sp³-hybridized carbons (Fsp3) is 0. The van der Waals surface area contributed by atoms with E-state index in [1.807, 2.05) is 24.3 Å². The van der Waals surface area contributed by atoms with E-state index >= 15 is 0 Å². The Balaban J connectivity index is 0.997. The maximum Gasteiger partial charge on any atom is 0.164 e. The van der Waals surface area contributed by atoms with Gasteiger partial charge in [-0.25, -0.2) is 15.0 Å². The van der Waals surface area contributed by atoms with Crippen LogP contribution in [0.3, 0.4) is 0 Å². The van der Waals surface area contributed by atoms with Gasteiger partial charge in [0.05, 0.1) is 0 Å². The summed E-state index contributed by atoms with van der Waals surface area (Å²) in [5.74, 6) is 1.88. The van der Waals surface area contributed by atoms with Crippen molar-refractivity contribution < 1.29 is 0 Å². The SMILES string of the molecule is c1ccc(-c2ccccc2-c2nc(-c3ccc(-c4ccc(-c5c6ccccc6cc6c5ccc5ccccc56)cc4)cc3)nc(-c3ccccc3-c3ccccc3)n2)cc1. The average Bonchev–Trinajstić information content (AvgIpc) is 3.34. The zero-order valence-electron chi connectivity index (χ0n) is 32.7. The normalized spacial score (nSPS) is 11.3. The molecule has 0 saturated carbocycles. The van der Waals surface area contributed by atoms with E-state index in [9.17, 15) is 0 Å². The highest BCUT2D eigenvalue weighted by Crippen LogP contribution is 2.40. The highest BCUT2D eigenvalue weighted by molar-refractivity contribution is 6.20. The quantitative estimate of drug-likeness (QED) is 0.120. The first-order valence-electron chi connectivity index (χ1n) is 20.4. The lowest BCUT2D eigenvalue weighted by Crippen LogP contribution is -2.02. The molecule has 0 aliphatic heterocycles. The summed E-state index contributed by atoms with van der Waals surface area (Å²) in [6, 6.07) is 79.4. The number of aromatic nitrogens is 3. The van der Waals surface area contributed by atoms with Crippen LogP contribution in [0.1, 0.15) is 0 Å². The van der Waals surface area contributed by atoms with Gasteiger partial charge in [0, 0.05) is 16.7 Å². The third-order valence-electron chi connectivity index (χ3n) is 11.6. The molecule has 1 aromatic heterocycles. The van der Waals surface area contributed by atoms with Gasteiger partial charge in [-0.1, -0.05) is 218 Å².